The minimum atomic E-state index is -0.345. The van der Waals surface area contributed by atoms with Gasteiger partial charge >= 0.3 is 5.97 Å². The van der Waals surface area contributed by atoms with E-state index >= 15 is 0 Å². The number of aliphatic imine (C=N–C) groups is 1. The molecule has 0 aromatic carbocycles. The van der Waals surface area contributed by atoms with E-state index in [1.54, 1.807) is 13.0 Å². The number of hydrogen-bond donors (Lipinski definition) is 0. The number of carbonyl (C=O) groups is 1. The van der Waals surface area contributed by atoms with Crippen molar-refractivity contribution in [2.24, 2.45) is 10.4 Å². The minimum absolute atomic E-state index is 0.194. The Morgan fingerprint density at radius 3 is 2.25 bits per heavy atom. The molecular formula is C9H13NO2. The smallest absolute Gasteiger partial charge is 0.363 e. The van der Waals surface area contributed by atoms with Crippen molar-refractivity contribution in [1.29, 1.82) is 0 Å². The molecule has 0 aliphatic carbocycles. The van der Waals surface area contributed by atoms with Crippen molar-refractivity contribution in [3.05, 3.63) is 11.8 Å². The highest BCUT2D eigenvalue weighted by Crippen LogP contribution is 2.24. The summed E-state index contributed by atoms with van der Waals surface area (Å²) >= 11 is 0. The lowest BCUT2D eigenvalue weighted by Gasteiger charge is -2.15. The van der Waals surface area contributed by atoms with Crippen LogP contribution in [0, 0.1) is 5.41 Å². The number of cyclic esters (lactones) is 1. The van der Waals surface area contributed by atoms with Crippen LogP contribution in [0.4, 0.5) is 0 Å². The second-order valence-corrected chi connectivity index (χ2v) is 3.73. The van der Waals surface area contributed by atoms with Crippen LogP contribution in [0.3, 0.4) is 0 Å². The van der Waals surface area contributed by atoms with E-state index in [-0.39, 0.29) is 11.4 Å². The fourth-order valence-corrected chi connectivity index (χ4v) is 0.821. The molecule has 1 heterocycles. The van der Waals surface area contributed by atoms with Gasteiger partial charge in [-0.3, -0.25) is 0 Å². The highest BCUT2D eigenvalue weighted by Gasteiger charge is 2.30. The Bertz CT molecular complexity index is 269. The highest BCUT2D eigenvalue weighted by atomic mass is 16.6. The maximum atomic E-state index is 11.1. The Kier molecular flexibility index (Phi) is 2.04. The predicted molar refractivity (Wildman–Crippen MR) is 46.7 cm³/mol. The van der Waals surface area contributed by atoms with E-state index < -0.39 is 0 Å². The first-order valence-corrected chi connectivity index (χ1v) is 3.93. The third-order valence-corrected chi connectivity index (χ3v) is 1.54. The van der Waals surface area contributed by atoms with Crippen molar-refractivity contribution in [2.75, 3.05) is 0 Å². The third kappa shape index (κ3) is 1.55. The zero-order valence-corrected chi connectivity index (χ0v) is 7.84. The summed E-state index contributed by atoms with van der Waals surface area (Å²) in [6.07, 6.45) is 1.65. The quantitative estimate of drug-likeness (QED) is 0.408. The van der Waals surface area contributed by atoms with Gasteiger partial charge in [0.15, 0.2) is 0 Å². The van der Waals surface area contributed by atoms with Gasteiger partial charge in [-0.1, -0.05) is 26.8 Å². The molecule has 0 saturated carbocycles. The SMILES string of the molecule is C/C=C1/N=C(C(C)(C)C)OC1=O. The lowest BCUT2D eigenvalue weighted by molar-refractivity contribution is -0.130. The van der Waals surface area contributed by atoms with Gasteiger partial charge in [-0.15, -0.1) is 0 Å². The Labute approximate surface area is 72.1 Å². The van der Waals surface area contributed by atoms with Gasteiger partial charge in [-0.25, -0.2) is 9.79 Å². The molecule has 3 heteroatoms. The fourth-order valence-electron chi connectivity index (χ4n) is 0.821. The van der Waals surface area contributed by atoms with Crippen molar-refractivity contribution in [3.8, 4) is 0 Å². The van der Waals surface area contributed by atoms with Crippen LogP contribution < -0.4 is 0 Å². The van der Waals surface area contributed by atoms with Crippen LogP contribution in [-0.2, 0) is 9.53 Å². The Hall–Kier alpha value is -1.12. The largest absolute Gasteiger partial charge is 0.406 e. The van der Waals surface area contributed by atoms with Gasteiger partial charge in [-0.2, -0.15) is 0 Å². The summed E-state index contributed by atoms with van der Waals surface area (Å²) in [4.78, 5) is 15.1. The van der Waals surface area contributed by atoms with Crippen LogP contribution in [-0.4, -0.2) is 11.9 Å². The van der Waals surface area contributed by atoms with E-state index in [1.165, 1.54) is 0 Å². The average Bonchev–Trinajstić information content (AvgIpc) is 2.29. The number of ether oxygens (including phenoxy) is 1. The van der Waals surface area contributed by atoms with E-state index in [2.05, 4.69) is 4.99 Å². The van der Waals surface area contributed by atoms with Crippen molar-refractivity contribution < 1.29 is 9.53 Å². The molecule has 12 heavy (non-hydrogen) atoms. The molecule has 1 aliphatic heterocycles. The number of nitrogens with zero attached hydrogens (tertiary/aromatic N) is 1. The van der Waals surface area contributed by atoms with Gasteiger partial charge in [0.25, 0.3) is 0 Å². The van der Waals surface area contributed by atoms with Crippen molar-refractivity contribution in [3.63, 3.8) is 0 Å². The van der Waals surface area contributed by atoms with Gasteiger partial charge in [0.2, 0.25) is 5.90 Å². The van der Waals surface area contributed by atoms with Gasteiger partial charge in [0.1, 0.15) is 5.70 Å². The third-order valence-electron chi connectivity index (χ3n) is 1.54. The average molecular weight is 167 g/mol. The molecule has 0 fully saturated rings. The molecule has 0 unspecified atom stereocenters. The summed E-state index contributed by atoms with van der Waals surface area (Å²) in [6.45, 7) is 7.64. The normalized spacial score (nSPS) is 21.2. The van der Waals surface area contributed by atoms with E-state index in [0.717, 1.165) is 0 Å². The van der Waals surface area contributed by atoms with Crippen LogP contribution in [0.25, 0.3) is 0 Å². The molecule has 0 radical (unpaired) electrons. The Morgan fingerprint density at radius 2 is 2.00 bits per heavy atom. The molecule has 0 spiro atoms. The molecule has 0 saturated heterocycles. The standard InChI is InChI=1S/C9H13NO2/c1-5-6-7(11)12-8(10-6)9(2,3)4/h5H,1-4H3/b6-5+. The van der Waals surface area contributed by atoms with Gasteiger partial charge in [-0.05, 0) is 6.92 Å². The summed E-state index contributed by atoms with van der Waals surface area (Å²) in [6, 6.07) is 0. The molecule has 1 rings (SSSR count). The second kappa shape index (κ2) is 2.73. The van der Waals surface area contributed by atoms with Crippen LogP contribution >= 0.6 is 0 Å². The molecular weight excluding hydrogens is 154 g/mol. The van der Waals surface area contributed by atoms with E-state index in [9.17, 15) is 4.79 Å². The molecule has 66 valence electrons. The molecule has 0 N–H and O–H groups in total. The van der Waals surface area contributed by atoms with Crippen molar-refractivity contribution in [1.82, 2.24) is 0 Å². The van der Waals surface area contributed by atoms with Crippen LogP contribution in [0.2, 0.25) is 0 Å². The zero-order valence-electron chi connectivity index (χ0n) is 7.84. The summed E-state index contributed by atoms with van der Waals surface area (Å²) in [5.74, 6) is 0.156. The summed E-state index contributed by atoms with van der Waals surface area (Å²) < 4.78 is 4.97. The Morgan fingerprint density at radius 1 is 1.42 bits per heavy atom. The monoisotopic (exact) mass is 167 g/mol. The predicted octanol–water partition coefficient (Wildman–Crippen LogP) is 1.89. The number of hydrogen-bond acceptors (Lipinski definition) is 3. The lowest BCUT2D eigenvalue weighted by Crippen LogP contribution is -2.21. The molecule has 1 aliphatic rings. The first kappa shape index (κ1) is 8.97. The zero-order chi connectivity index (χ0) is 9.35. The number of carbonyl (C=O) groups excluding carboxylic acids is 1. The highest BCUT2D eigenvalue weighted by molar-refractivity contribution is 6.06. The van der Waals surface area contributed by atoms with Gasteiger partial charge in [0.05, 0.1) is 0 Å². The van der Waals surface area contributed by atoms with Crippen LogP contribution in [0.5, 0.6) is 0 Å². The van der Waals surface area contributed by atoms with Crippen LogP contribution in [0.15, 0.2) is 16.8 Å². The first-order valence-electron chi connectivity index (χ1n) is 3.93. The molecule has 0 aromatic heterocycles. The number of allylic oxidation sites excluding steroid dienone is 1. The minimum Gasteiger partial charge on any atom is -0.406 e. The molecule has 0 amide bonds. The fraction of sp³-hybridized carbons (Fsp3) is 0.556. The molecule has 0 aromatic rings. The maximum Gasteiger partial charge on any atom is 0.363 e. The van der Waals surface area contributed by atoms with E-state index in [0.29, 0.717) is 11.6 Å². The maximum absolute atomic E-state index is 11.1. The van der Waals surface area contributed by atoms with Gasteiger partial charge < -0.3 is 4.74 Å². The summed E-state index contributed by atoms with van der Waals surface area (Å²) in [5.41, 5.74) is 0.209. The topological polar surface area (TPSA) is 38.7 Å². The Balaban J connectivity index is 2.94. The van der Waals surface area contributed by atoms with Gasteiger partial charge in [0, 0.05) is 5.41 Å². The molecule has 0 bridgehead atoms. The number of esters is 1. The van der Waals surface area contributed by atoms with Crippen molar-refractivity contribution in [2.45, 2.75) is 27.7 Å². The second-order valence-electron chi connectivity index (χ2n) is 3.73. The van der Waals surface area contributed by atoms with Crippen LogP contribution in [0.1, 0.15) is 27.7 Å². The first-order chi connectivity index (χ1) is 5.45. The number of rotatable bonds is 0. The lowest BCUT2D eigenvalue weighted by atomic mass is 9.97. The molecule has 3 nitrogen and oxygen atoms in total. The van der Waals surface area contributed by atoms with Crippen molar-refractivity contribution >= 4 is 11.9 Å². The summed E-state index contributed by atoms with van der Waals surface area (Å²) in [5, 5.41) is 0. The summed E-state index contributed by atoms with van der Waals surface area (Å²) in [7, 11) is 0. The van der Waals surface area contributed by atoms with E-state index in [4.69, 9.17) is 4.74 Å². The molecule has 0 atom stereocenters. The van der Waals surface area contributed by atoms with E-state index in [1.807, 2.05) is 20.8 Å².